The van der Waals surface area contributed by atoms with E-state index in [0.717, 1.165) is 0 Å². The van der Waals surface area contributed by atoms with Crippen LogP contribution in [0.3, 0.4) is 0 Å². The van der Waals surface area contributed by atoms with Crippen LogP contribution in [0, 0.1) is 0 Å². The number of rotatable bonds is 8. The van der Waals surface area contributed by atoms with Gasteiger partial charge in [-0.3, -0.25) is 4.79 Å². The maximum absolute atomic E-state index is 12.3. The molecule has 1 heterocycles. The molecule has 1 aromatic heterocycles. The molecule has 9 heteroatoms. The van der Waals surface area contributed by atoms with E-state index in [1.807, 2.05) is 0 Å². The predicted molar refractivity (Wildman–Crippen MR) is 91.2 cm³/mol. The number of carbonyl (C=O) groups excluding carboxylic acids is 2. The lowest BCUT2D eigenvalue weighted by Crippen LogP contribution is -2.29. The number of hydrogen-bond acceptors (Lipinski definition) is 6. The summed E-state index contributed by atoms with van der Waals surface area (Å²) in [6.07, 6.45) is -1.08. The van der Waals surface area contributed by atoms with Gasteiger partial charge in [-0.25, -0.2) is 4.79 Å². The zero-order valence-electron chi connectivity index (χ0n) is 14.0. The van der Waals surface area contributed by atoms with E-state index in [-0.39, 0.29) is 12.4 Å². The number of methoxy groups -OCH3 is 1. The number of furan rings is 1. The quantitative estimate of drug-likeness (QED) is 0.548. The number of ether oxygens (including phenoxy) is 2. The molecule has 0 aliphatic heterocycles. The summed E-state index contributed by atoms with van der Waals surface area (Å²) in [5.74, 6) is -3.43. The molecular weight excluding hydrogens is 368 g/mol. The minimum Gasteiger partial charge on any atom is -0.452 e. The standard InChI is InChI=1S/C17H17F2NO5S/c1-10(24-16(22)14-8-5-12(25-14)9-23-2)15(21)20-11-3-6-13(7-4-11)26-17(18)19/h3-8,10,17H,9H2,1-2H3,(H,20,21)/t10-/m0/s1. The molecule has 26 heavy (non-hydrogen) atoms. The van der Waals surface area contributed by atoms with Crippen molar-refractivity contribution in [2.24, 2.45) is 0 Å². The molecule has 2 aromatic rings. The van der Waals surface area contributed by atoms with Crippen molar-refractivity contribution in [1.29, 1.82) is 0 Å². The first kappa shape index (κ1) is 19.9. The minimum absolute atomic E-state index is 0.0370. The molecule has 0 aliphatic rings. The highest BCUT2D eigenvalue weighted by molar-refractivity contribution is 7.99. The largest absolute Gasteiger partial charge is 0.452 e. The Morgan fingerprint density at radius 1 is 1.19 bits per heavy atom. The molecule has 1 amide bonds. The zero-order valence-corrected chi connectivity index (χ0v) is 14.8. The number of halogens is 2. The molecule has 0 fully saturated rings. The third-order valence-electron chi connectivity index (χ3n) is 3.15. The van der Waals surface area contributed by atoms with Crippen LogP contribution in [0.25, 0.3) is 0 Å². The number of nitrogens with one attached hydrogen (secondary N) is 1. The van der Waals surface area contributed by atoms with Crippen molar-refractivity contribution in [2.75, 3.05) is 12.4 Å². The second kappa shape index (κ2) is 9.35. The first-order chi connectivity index (χ1) is 12.4. The van der Waals surface area contributed by atoms with E-state index in [1.54, 1.807) is 6.07 Å². The number of benzene rings is 1. The van der Waals surface area contributed by atoms with Crippen LogP contribution in [-0.4, -0.2) is 30.8 Å². The number of carbonyl (C=O) groups is 2. The van der Waals surface area contributed by atoms with Crippen molar-refractivity contribution in [3.05, 3.63) is 47.9 Å². The SMILES string of the molecule is COCc1ccc(C(=O)O[C@@H](C)C(=O)Nc2ccc(SC(F)F)cc2)o1. The molecule has 1 N–H and O–H groups in total. The van der Waals surface area contributed by atoms with Gasteiger partial charge in [0.25, 0.3) is 11.7 Å². The third-order valence-corrected chi connectivity index (χ3v) is 3.87. The highest BCUT2D eigenvalue weighted by Gasteiger charge is 2.21. The van der Waals surface area contributed by atoms with E-state index in [9.17, 15) is 18.4 Å². The lowest BCUT2D eigenvalue weighted by molar-refractivity contribution is -0.123. The summed E-state index contributed by atoms with van der Waals surface area (Å²) in [4.78, 5) is 24.4. The Morgan fingerprint density at radius 3 is 2.50 bits per heavy atom. The molecule has 0 spiro atoms. The minimum atomic E-state index is -2.51. The van der Waals surface area contributed by atoms with Gasteiger partial charge in [-0.15, -0.1) is 0 Å². The van der Waals surface area contributed by atoms with Crippen molar-refractivity contribution in [1.82, 2.24) is 0 Å². The number of amides is 1. The fraction of sp³-hybridized carbons (Fsp3) is 0.294. The van der Waals surface area contributed by atoms with Crippen molar-refractivity contribution < 1.29 is 32.3 Å². The molecule has 2 rings (SSSR count). The van der Waals surface area contributed by atoms with Crippen molar-refractivity contribution in [3.8, 4) is 0 Å². The number of esters is 1. The first-order valence-corrected chi connectivity index (χ1v) is 8.41. The van der Waals surface area contributed by atoms with Crippen LogP contribution in [0.4, 0.5) is 14.5 Å². The zero-order chi connectivity index (χ0) is 19.1. The molecule has 0 saturated carbocycles. The van der Waals surface area contributed by atoms with Crippen molar-refractivity contribution in [3.63, 3.8) is 0 Å². The van der Waals surface area contributed by atoms with Crippen molar-refractivity contribution in [2.45, 2.75) is 30.3 Å². The smallest absolute Gasteiger partial charge is 0.375 e. The number of alkyl halides is 2. The van der Waals surface area contributed by atoms with E-state index >= 15 is 0 Å². The van der Waals surface area contributed by atoms with Crippen LogP contribution < -0.4 is 5.32 Å². The topological polar surface area (TPSA) is 77.8 Å². The number of hydrogen-bond donors (Lipinski definition) is 1. The van der Waals surface area contributed by atoms with Gasteiger partial charge in [0.15, 0.2) is 6.10 Å². The Hall–Kier alpha value is -2.39. The Bertz CT molecular complexity index is 748. The lowest BCUT2D eigenvalue weighted by Gasteiger charge is -2.13. The van der Waals surface area contributed by atoms with Crippen LogP contribution in [0.2, 0.25) is 0 Å². The van der Waals surface area contributed by atoms with Crippen LogP contribution in [0.15, 0.2) is 45.7 Å². The van der Waals surface area contributed by atoms with Gasteiger partial charge in [0, 0.05) is 17.7 Å². The molecule has 0 saturated heterocycles. The summed E-state index contributed by atoms with van der Waals surface area (Å²) in [5.41, 5.74) is 0.400. The van der Waals surface area contributed by atoms with E-state index in [4.69, 9.17) is 13.9 Å². The Balaban J connectivity index is 1.89. The average Bonchev–Trinajstić information content (AvgIpc) is 3.05. The molecule has 1 aromatic carbocycles. The van der Waals surface area contributed by atoms with Gasteiger partial charge in [0.2, 0.25) is 5.76 Å². The van der Waals surface area contributed by atoms with Crippen LogP contribution in [0.1, 0.15) is 23.2 Å². The van der Waals surface area contributed by atoms with Gasteiger partial charge in [0.1, 0.15) is 12.4 Å². The number of thioether (sulfide) groups is 1. The van der Waals surface area contributed by atoms with Gasteiger partial charge in [-0.1, -0.05) is 11.8 Å². The normalized spacial score (nSPS) is 12.0. The fourth-order valence-electron chi connectivity index (χ4n) is 1.94. The van der Waals surface area contributed by atoms with E-state index in [2.05, 4.69) is 5.32 Å². The Morgan fingerprint density at radius 2 is 1.88 bits per heavy atom. The van der Waals surface area contributed by atoms with Crippen molar-refractivity contribution >= 4 is 29.3 Å². The summed E-state index contributed by atoms with van der Waals surface area (Å²) in [6.45, 7) is 1.62. The number of anilines is 1. The maximum Gasteiger partial charge on any atom is 0.375 e. The summed E-state index contributed by atoms with van der Waals surface area (Å²) >= 11 is 0.409. The summed E-state index contributed by atoms with van der Waals surface area (Å²) in [7, 11) is 1.49. The van der Waals surface area contributed by atoms with E-state index < -0.39 is 23.7 Å². The molecule has 140 valence electrons. The molecule has 0 unspecified atom stereocenters. The highest BCUT2D eigenvalue weighted by Crippen LogP contribution is 2.26. The summed E-state index contributed by atoms with van der Waals surface area (Å²) in [6, 6.07) is 8.90. The van der Waals surface area contributed by atoms with Gasteiger partial charge < -0.3 is 19.2 Å². The maximum atomic E-state index is 12.3. The molecular formula is C17H17F2NO5S. The summed E-state index contributed by atoms with van der Waals surface area (Å²) < 4.78 is 39.7. The average molecular weight is 385 g/mol. The first-order valence-electron chi connectivity index (χ1n) is 7.53. The Kier molecular flexibility index (Phi) is 7.16. The Labute approximate surface area is 152 Å². The lowest BCUT2D eigenvalue weighted by atomic mass is 10.3. The van der Waals surface area contributed by atoms with Gasteiger partial charge >= 0.3 is 5.97 Å². The molecule has 0 bridgehead atoms. The van der Waals surface area contributed by atoms with Gasteiger partial charge in [0.05, 0.1) is 0 Å². The van der Waals surface area contributed by atoms with Crippen LogP contribution in [-0.2, 0) is 20.9 Å². The van der Waals surface area contributed by atoms with Gasteiger partial charge in [-0.05, 0) is 43.3 Å². The van der Waals surface area contributed by atoms with E-state index in [1.165, 1.54) is 44.4 Å². The molecule has 6 nitrogen and oxygen atoms in total. The monoisotopic (exact) mass is 385 g/mol. The second-order valence-corrected chi connectivity index (χ2v) is 6.20. The highest BCUT2D eigenvalue weighted by atomic mass is 32.2. The summed E-state index contributed by atoms with van der Waals surface area (Å²) in [5, 5.41) is 2.54. The fourth-order valence-corrected chi connectivity index (χ4v) is 2.44. The van der Waals surface area contributed by atoms with Gasteiger partial charge in [-0.2, -0.15) is 8.78 Å². The molecule has 0 aliphatic carbocycles. The molecule has 1 atom stereocenters. The van der Waals surface area contributed by atoms with Crippen LogP contribution in [0.5, 0.6) is 0 Å². The van der Waals surface area contributed by atoms with E-state index in [0.29, 0.717) is 28.1 Å². The predicted octanol–water partition coefficient (Wildman–Crippen LogP) is 3.92. The molecule has 0 radical (unpaired) electrons. The third kappa shape index (κ3) is 5.85. The second-order valence-electron chi connectivity index (χ2n) is 5.14. The van der Waals surface area contributed by atoms with Crippen LogP contribution >= 0.6 is 11.8 Å².